The highest BCUT2D eigenvalue weighted by atomic mass is 16.5. The fourth-order valence-electron chi connectivity index (χ4n) is 4.90. The molecule has 1 aliphatic carbocycles. The number of ether oxygens (including phenoxy) is 2. The molecule has 190 valence electrons. The molecule has 3 heteroatoms. The van der Waals surface area contributed by atoms with Gasteiger partial charge in [0, 0.05) is 0 Å². The van der Waals surface area contributed by atoms with Gasteiger partial charge in [0.1, 0.15) is 18.1 Å². The third-order valence-electron chi connectivity index (χ3n) is 7.15. The minimum absolute atomic E-state index is 0.347. The van der Waals surface area contributed by atoms with Crippen LogP contribution in [0.25, 0.3) is 0 Å². The van der Waals surface area contributed by atoms with Crippen molar-refractivity contribution in [1.82, 2.24) is 0 Å². The standard InChI is InChI=1S/C32H44O3/c1-3-5-7-10-26-13-15-28(16-14-26)12-9-25-34-30-23-19-29(20-24-30)32(33)35-31-21-17-27(18-22-31)11-8-6-4-2/h9,12,17-24,26,28H,3-8,10-11,13-16,25H2,1-2H3/b12-9+. The van der Waals surface area contributed by atoms with Gasteiger partial charge in [0.05, 0.1) is 5.56 Å². The molecule has 0 radical (unpaired) electrons. The van der Waals surface area contributed by atoms with Crippen LogP contribution in [0.4, 0.5) is 0 Å². The molecule has 2 aromatic carbocycles. The second-order valence-electron chi connectivity index (χ2n) is 10.0. The number of benzene rings is 2. The van der Waals surface area contributed by atoms with Crippen molar-refractivity contribution >= 4 is 5.97 Å². The normalized spacial score (nSPS) is 18.0. The molecule has 1 saturated carbocycles. The first kappa shape index (κ1) is 27.0. The number of aryl methyl sites for hydroxylation is 1. The molecule has 1 fully saturated rings. The lowest BCUT2D eigenvalue weighted by molar-refractivity contribution is 0.0734. The van der Waals surface area contributed by atoms with Gasteiger partial charge in [0.25, 0.3) is 0 Å². The van der Waals surface area contributed by atoms with Gasteiger partial charge in [-0.1, -0.05) is 76.7 Å². The summed E-state index contributed by atoms with van der Waals surface area (Å²) < 4.78 is 11.4. The van der Waals surface area contributed by atoms with Crippen LogP contribution in [-0.4, -0.2) is 12.6 Å². The van der Waals surface area contributed by atoms with Crippen molar-refractivity contribution in [2.45, 2.75) is 90.9 Å². The zero-order chi connectivity index (χ0) is 24.7. The molecule has 1 aliphatic rings. The summed E-state index contributed by atoms with van der Waals surface area (Å²) in [5, 5.41) is 0. The molecule has 0 aliphatic heterocycles. The number of carbonyl (C=O) groups is 1. The summed E-state index contributed by atoms with van der Waals surface area (Å²) in [6.45, 7) is 5.05. The number of allylic oxidation sites excluding steroid dienone is 1. The summed E-state index contributed by atoms with van der Waals surface area (Å²) in [7, 11) is 0. The molecular formula is C32H44O3. The van der Waals surface area contributed by atoms with E-state index in [2.05, 4.69) is 26.0 Å². The molecule has 35 heavy (non-hydrogen) atoms. The Morgan fingerprint density at radius 3 is 2.17 bits per heavy atom. The minimum Gasteiger partial charge on any atom is -0.490 e. The Morgan fingerprint density at radius 2 is 1.49 bits per heavy atom. The number of hydrogen-bond acceptors (Lipinski definition) is 3. The van der Waals surface area contributed by atoms with Crippen molar-refractivity contribution in [2.75, 3.05) is 6.61 Å². The van der Waals surface area contributed by atoms with Crippen molar-refractivity contribution in [3.8, 4) is 11.5 Å². The van der Waals surface area contributed by atoms with Crippen molar-refractivity contribution in [3.05, 3.63) is 71.8 Å². The monoisotopic (exact) mass is 476 g/mol. The smallest absolute Gasteiger partial charge is 0.343 e. The van der Waals surface area contributed by atoms with Crippen LogP contribution < -0.4 is 9.47 Å². The Morgan fingerprint density at radius 1 is 0.829 bits per heavy atom. The molecule has 0 heterocycles. The van der Waals surface area contributed by atoms with E-state index in [0.717, 1.165) is 18.1 Å². The van der Waals surface area contributed by atoms with Gasteiger partial charge in [-0.15, -0.1) is 0 Å². The third-order valence-corrected chi connectivity index (χ3v) is 7.15. The summed E-state index contributed by atoms with van der Waals surface area (Å²) >= 11 is 0. The maximum Gasteiger partial charge on any atom is 0.343 e. The molecule has 3 rings (SSSR count). The van der Waals surface area contributed by atoms with Crippen LogP contribution in [0.3, 0.4) is 0 Å². The molecule has 0 N–H and O–H groups in total. The van der Waals surface area contributed by atoms with Gasteiger partial charge in [-0.25, -0.2) is 4.79 Å². The van der Waals surface area contributed by atoms with Crippen LogP contribution in [0.15, 0.2) is 60.7 Å². The van der Waals surface area contributed by atoms with Gasteiger partial charge in [0.15, 0.2) is 0 Å². The highest BCUT2D eigenvalue weighted by Crippen LogP contribution is 2.32. The average Bonchev–Trinajstić information content (AvgIpc) is 2.89. The Kier molecular flexibility index (Phi) is 11.9. The van der Waals surface area contributed by atoms with E-state index in [-0.39, 0.29) is 5.97 Å². The van der Waals surface area contributed by atoms with E-state index in [1.807, 2.05) is 36.4 Å². The molecule has 0 atom stereocenters. The maximum atomic E-state index is 12.5. The predicted molar refractivity (Wildman–Crippen MR) is 145 cm³/mol. The van der Waals surface area contributed by atoms with Crippen molar-refractivity contribution in [3.63, 3.8) is 0 Å². The van der Waals surface area contributed by atoms with Crippen LogP contribution in [0.5, 0.6) is 11.5 Å². The topological polar surface area (TPSA) is 35.5 Å². The number of rotatable bonds is 14. The van der Waals surface area contributed by atoms with E-state index in [9.17, 15) is 4.79 Å². The van der Waals surface area contributed by atoms with Crippen molar-refractivity contribution < 1.29 is 14.3 Å². The SMILES string of the molecule is CCCCCc1ccc(OC(=O)c2ccc(OC/C=C/C3CCC(CCCCC)CC3)cc2)cc1. The first-order chi connectivity index (χ1) is 17.2. The summed E-state index contributed by atoms with van der Waals surface area (Å²) in [5.74, 6) is 2.64. The first-order valence-corrected chi connectivity index (χ1v) is 13.9. The fourth-order valence-corrected chi connectivity index (χ4v) is 4.90. The third kappa shape index (κ3) is 9.92. The number of unbranched alkanes of at least 4 members (excludes halogenated alkanes) is 4. The van der Waals surface area contributed by atoms with E-state index >= 15 is 0 Å². The minimum atomic E-state index is -0.347. The largest absolute Gasteiger partial charge is 0.490 e. The lowest BCUT2D eigenvalue weighted by atomic mass is 9.79. The predicted octanol–water partition coefficient (Wildman–Crippen LogP) is 8.96. The molecule has 3 nitrogen and oxygen atoms in total. The van der Waals surface area contributed by atoms with Gasteiger partial charge in [0.2, 0.25) is 0 Å². The van der Waals surface area contributed by atoms with Crippen LogP contribution in [-0.2, 0) is 6.42 Å². The van der Waals surface area contributed by atoms with Crippen LogP contribution in [0.2, 0.25) is 0 Å². The van der Waals surface area contributed by atoms with Gasteiger partial charge >= 0.3 is 5.97 Å². The zero-order valence-corrected chi connectivity index (χ0v) is 21.8. The highest BCUT2D eigenvalue weighted by Gasteiger charge is 2.18. The highest BCUT2D eigenvalue weighted by molar-refractivity contribution is 5.91. The Bertz CT molecular complexity index is 874. The number of hydrogen-bond donors (Lipinski definition) is 0. The Balaban J connectivity index is 1.35. The molecule has 0 amide bonds. The lowest BCUT2D eigenvalue weighted by Crippen LogP contribution is -2.13. The van der Waals surface area contributed by atoms with Crippen LogP contribution >= 0.6 is 0 Å². The zero-order valence-electron chi connectivity index (χ0n) is 21.8. The summed E-state index contributed by atoms with van der Waals surface area (Å²) in [6, 6.07) is 15.0. The fraction of sp³-hybridized carbons (Fsp3) is 0.531. The quantitative estimate of drug-likeness (QED) is 0.118. The molecule has 0 unspecified atom stereocenters. The van der Waals surface area contributed by atoms with E-state index < -0.39 is 0 Å². The summed E-state index contributed by atoms with van der Waals surface area (Å²) in [6.07, 6.45) is 20.1. The second-order valence-corrected chi connectivity index (χ2v) is 10.0. The second kappa shape index (κ2) is 15.4. The number of esters is 1. The van der Waals surface area contributed by atoms with Crippen molar-refractivity contribution in [1.29, 1.82) is 0 Å². The maximum absolute atomic E-state index is 12.5. The van der Waals surface area contributed by atoms with Gasteiger partial charge in [-0.3, -0.25) is 0 Å². The Hall–Kier alpha value is -2.55. The Labute approximate surface area is 212 Å². The van der Waals surface area contributed by atoms with Crippen LogP contribution in [0, 0.1) is 11.8 Å². The molecule has 0 bridgehead atoms. The van der Waals surface area contributed by atoms with E-state index in [1.54, 1.807) is 12.1 Å². The molecule has 0 aromatic heterocycles. The molecule has 0 saturated heterocycles. The van der Waals surface area contributed by atoms with E-state index in [0.29, 0.717) is 23.8 Å². The molecule has 2 aromatic rings. The van der Waals surface area contributed by atoms with E-state index in [1.165, 1.54) is 76.2 Å². The number of carbonyl (C=O) groups excluding carboxylic acids is 1. The van der Waals surface area contributed by atoms with Gasteiger partial charge < -0.3 is 9.47 Å². The average molecular weight is 477 g/mol. The van der Waals surface area contributed by atoms with Crippen molar-refractivity contribution in [2.24, 2.45) is 11.8 Å². The molecular weight excluding hydrogens is 432 g/mol. The van der Waals surface area contributed by atoms with Gasteiger partial charge in [-0.05, 0) is 92.3 Å². The van der Waals surface area contributed by atoms with Crippen LogP contribution in [0.1, 0.15) is 100 Å². The summed E-state index contributed by atoms with van der Waals surface area (Å²) in [5.41, 5.74) is 1.81. The summed E-state index contributed by atoms with van der Waals surface area (Å²) in [4.78, 5) is 12.5. The molecule has 0 spiro atoms. The van der Waals surface area contributed by atoms with Gasteiger partial charge in [-0.2, -0.15) is 0 Å². The lowest BCUT2D eigenvalue weighted by Gasteiger charge is -2.26. The first-order valence-electron chi connectivity index (χ1n) is 13.9. The van der Waals surface area contributed by atoms with E-state index in [4.69, 9.17) is 9.47 Å².